The van der Waals surface area contributed by atoms with Crippen LogP contribution in [0.4, 0.5) is 0 Å². The van der Waals surface area contributed by atoms with Crippen LogP contribution in [0.15, 0.2) is 72.8 Å². The fourth-order valence-electron chi connectivity index (χ4n) is 3.54. The fraction of sp³-hybridized carbons (Fsp3) is 0.308. The Balaban J connectivity index is 1.64. The summed E-state index contributed by atoms with van der Waals surface area (Å²) in [5.74, 6) is -0.0581. The van der Waals surface area contributed by atoms with Crippen LogP contribution in [-0.4, -0.2) is 29.8 Å². The third-order valence-corrected chi connectivity index (χ3v) is 5.35. The van der Waals surface area contributed by atoms with E-state index in [9.17, 15) is 9.59 Å². The zero-order valence-corrected chi connectivity index (χ0v) is 17.8. The summed E-state index contributed by atoms with van der Waals surface area (Å²) < 4.78 is 0. The van der Waals surface area contributed by atoms with E-state index in [0.29, 0.717) is 25.1 Å². The Labute approximate surface area is 178 Å². The molecule has 4 heteroatoms. The number of fused-ring (bicyclic) bond motifs is 1. The monoisotopic (exact) mass is 402 g/mol. The second-order valence-electron chi connectivity index (χ2n) is 7.66. The lowest BCUT2D eigenvalue weighted by atomic mass is 10.1. The van der Waals surface area contributed by atoms with Gasteiger partial charge in [-0.05, 0) is 41.8 Å². The fourth-order valence-corrected chi connectivity index (χ4v) is 3.54. The van der Waals surface area contributed by atoms with Gasteiger partial charge in [0.25, 0.3) is 5.91 Å². The van der Waals surface area contributed by atoms with Gasteiger partial charge in [0.05, 0.1) is 6.04 Å². The van der Waals surface area contributed by atoms with E-state index in [-0.39, 0.29) is 17.9 Å². The van der Waals surface area contributed by atoms with E-state index in [1.54, 1.807) is 4.90 Å². The van der Waals surface area contributed by atoms with E-state index in [1.807, 2.05) is 79.7 Å². The molecule has 0 fully saturated rings. The lowest BCUT2D eigenvalue weighted by molar-refractivity contribution is -0.121. The third kappa shape index (κ3) is 5.69. The van der Waals surface area contributed by atoms with Crippen LogP contribution < -0.4 is 5.32 Å². The van der Waals surface area contributed by atoms with Gasteiger partial charge in [0.15, 0.2) is 0 Å². The number of amides is 2. The van der Waals surface area contributed by atoms with E-state index >= 15 is 0 Å². The summed E-state index contributed by atoms with van der Waals surface area (Å²) in [5.41, 5.74) is 1.74. The number of nitrogens with one attached hydrogen (secondary N) is 1. The van der Waals surface area contributed by atoms with Crippen molar-refractivity contribution in [2.45, 2.75) is 39.2 Å². The Kier molecular flexibility index (Phi) is 7.61. The molecule has 1 atom stereocenters. The summed E-state index contributed by atoms with van der Waals surface area (Å²) in [4.78, 5) is 27.4. The van der Waals surface area contributed by atoms with Crippen LogP contribution in [0.3, 0.4) is 0 Å². The zero-order chi connectivity index (χ0) is 21.3. The van der Waals surface area contributed by atoms with Crippen molar-refractivity contribution in [2.24, 2.45) is 0 Å². The topological polar surface area (TPSA) is 49.4 Å². The third-order valence-electron chi connectivity index (χ3n) is 5.35. The van der Waals surface area contributed by atoms with Crippen LogP contribution in [0.2, 0.25) is 0 Å². The Morgan fingerprint density at radius 3 is 2.33 bits per heavy atom. The van der Waals surface area contributed by atoms with E-state index < -0.39 is 0 Å². The molecule has 0 spiro atoms. The summed E-state index contributed by atoms with van der Waals surface area (Å²) in [6.07, 6.45) is 2.21. The molecule has 3 aromatic carbocycles. The molecule has 1 unspecified atom stereocenters. The van der Waals surface area contributed by atoms with Gasteiger partial charge >= 0.3 is 0 Å². The first-order chi connectivity index (χ1) is 14.6. The van der Waals surface area contributed by atoms with Gasteiger partial charge in [-0.2, -0.15) is 0 Å². The van der Waals surface area contributed by atoms with Crippen molar-refractivity contribution in [3.05, 3.63) is 83.9 Å². The molecule has 0 saturated heterocycles. The molecule has 0 heterocycles. The van der Waals surface area contributed by atoms with Gasteiger partial charge in [0, 0.05) is 25.1 Å². The van der Waals surface area contributed by atoms with E-state index in [4.69, 9.17) is 0 Å². The van der Waals surface area contributed by atoms with Crippen LogP contribution in [0.1, 0.15) is 55.1 Å². The number of carbonyl (C=O) groups is 2. The highest BCUT2D eigenvalue weighted by Crippen LogP contribution is 2.18. The minimum Gasteiger partial charge on any atom is -0.350 e. The first-order valence-electron chi connectivity index (χ1n) is 10.7. The second kappa shape index (κ2) is 10.6. The normalized spacial score (nSPS) is 11.8. The molecule has 0 aliphatic carbocycles. The first-order valence-corrected chi connectivity index (χ1v) is 10.7. The number of rotatable bonds is 9. The molecule has 1 N–H and O–H groups in total. The van der Waals surface area contributed by atoms with Crippen LogP contribution in [-0.2, 0) is 4.79 Å². The lowest BCUT2D eigenvalue weighted by Gasteiger charge is -2.23. The SMILES string of the molecule is CCCCN(CCC(=O)NC(C)c1ccccc1)C(=O)c1ccc2ccccc2c1. The van der Waals surface area contributed by atoms with Crippen molar-refractivity contribution < 1.29 is 9.59 Å². The van der Waals surface area contributed by atoms with Gasteiger partial charge in [-0.3, -0.25) is 9.59 Å². The van der Waals surface area contributed by atoms with Gasteiger partial charge in [-0.25, -0.2) is 0 Å². The summed E-state index contributed by atoms with van der Waals surface area (Å²) >= 11 is 0. The van der Waals surface area contributed by atoms with Gasteiger partial charge in [0.2, 0.25) is 5.91 Å². The molecule has 3 aromatic rings. The number of unbranched alkanes of at least 4 members (excludes halogenated alkanes) is 1. The highest BCUT2D eigenvalue weighted by atomic mass is 16.2. The molecule has 30 heavy (non-hydrogen) atoms. The van der Waals surface area contributed by atoms with Crippen LogP contribution >= 0.6 is 0 Å². The highest BCUT2D eigenvalue weighted by molar-refractivity contribution is 5.98. The molecule has 0 aliphatic heterocycles. The number of hydrogen-bond acceptors (Lipinski definition) is 2. The number of hydrogen-bond donors (Lipinski definition) is 1. The van der Waals surface area contributed by atoms with Crippen molar-refractivity contribution in [1.82, 2.24) is 10.2 Å². The zero-order valence-electron chi connectivity index (χ0n) is 17.8. The summed E-state index contributed by atoms with van der Waals surface area (Å²) in [5, 5.41) is 5.20. The van der Waals surface area contributed by atoms with Crippen molar-refractivity contribution in [3.8, 4) is 0 Å². The predicted molar refractivity (Wildman–Crippen MR) is 122 cm³/mol. The van der Waals surface area contributed by atoms with Gasteiger partial charge in [-0.1, -0.05) is 74.0 Å². The molecule has 0 aliphatic rings. The predicted octanol–water partition coefficient (Wildman–Crippen LogP) is 5.35. The highest BCUT2D eigenvalue weighted by Gasteiger charge is 2.18. The Morgan fingerprint density at radius 2 is 1.60 bits per heavy atom. The maximum atomic E-state index is 13.1. The molecule has 156 valence electrons. The standard InChI is InChI=1S/C26H30N2O2/c1-3-4-17-28(18-16-25(29)27-20(2)21-10-6-5-7-11-21)26(30)24-15-14-22-12-8-9-13-23(22)19-24/h5-15,19-20H,3-4,16-18H2,1-2H3,(H,27,29). The molecule has 4 nitrogen and oxygen atoms in total. The minimum absolute atomic E-state index is 0.0156. The molecular weight excluding hydrogens is 372 g/mol. The number of benzene rings is 3. The Bertz CT molecular complexity index is 985. The second-order valence-corrected chi connectivity index (χ2v) is 7.66. The van der Waals surface area contributed by atoms with E-state index in [0.717, 1.165) is 29.2 Å². The molecular formula is C26H30N2O2. The molecule has 2 amide bonds. The van der Waals surface area contributed by atoms with Gasteiger partial charge < -0.3 is 10.2 Å². The van der Waals surface area contributed by atoms with Crippen LogP contribution in [0.5, 0.6) is 0 Å². The Morgan fingerprint density at radius 1 is 0.900 bits per heavy atom. The van der Waals surface area contributed by atoms with Crippen molar-refractivity contribution >= 4 is 22.6 Å². The lowest BCUT2D eigenvalue weighted by Crippen LogP contribution is -2.36. The smallest absolute Gasteiger partial charge is 0.253 e. The number of carbonyl (C=O) groups excluding carboxylic acids is 2. The molecule has 0 bridgehead atoms. The Hall–Kier alpha value is -3.14. The largest absolute Gasteiger partial charge is 0.350 e. The van der Waals surface area contributed by atoms with Crippen molar-refractivity contribution in [1.29, 1.82) is 0 Å². The average Bonchev–Trinajstić information content (AvgIpc) is 2.79. The first kappa shape index (κ1) is 21.6. The van der Waals surface area contributed by atoms with Gasteiger partial charge in [0.1, 0.15) is 0 Å². The van der Waals surface area contributed by atoms with E-state index in [1.165, 1.54) is 0 Å². The minimum atomic E-state index is -0.0565. The van der Waals surface area contributed by atoms with E-state index in [2.05, 4.69) is 12.2 Å². The average molecular weight is 403 g/mol. The van der Waals surface area contributed by atoms with Crippen molar-refractivity contribution in [3.63, 3.8) is 0 Å². The quantitative estimate of drug-likeness (QED) is 0.524. The molecule has 0 saturated carbocycles. The maximum Gasteiger partial charge on any atom is 0.253 e. The van der Waals surface area contributed by atoms with Crippen molar-refractivity contribution in [2.75, 3.05) is 13.1 Å². The summed E-state index contributed by atoms with van der Waals surface area (Å²) in [7, 11) is 0. The summed E-state index contributed by atoms with van der Waals surface area (Å²) in [6, 6.07) is 23.7. The maximum absolute atomic E-state index is 13.1. The molecule has 0 radical (unpaired) electrons. The van der Waals surface area contributed by atoms with Crippen LogP contribution in [0, 0.1) is 0 Å². The summed E-state index contributed by atoms with van der Waals surface area (Å²) in [6.45, 7) is 5.15. The molecule has 0 aromatic heterocycles. The van der Waals surface area contributed by atoms with Gasteiger partial charge in [-0.15, -0.1) is 0 Å². The molecule has 3 rings (SSSR count). The van der Waals surface area contributed by atoms with Crippen LogP contribution in [0.25, 0.3) is 10.8 Å². The number of nitrogens with zero attached hydrogens (tertiary/aromatic N) is 1.